The molecule has 12 heteroatoms. The maximum Gasteiger partial charge on any atom is 0.313 e. The van der Waals surface area contributed by atoms with Crippen LogP contribution in [-0.4, -0.2) is 90.4 Å². The van der Waals surface area contributed by atoms with Crippen molar-refractivity contribution >= 4 is 56.1 Å². The topological polar surface area (TPSA) is 135 Å². The van der Waals surface area contributed by atoms with Crippen molar-refractivity contribution in [3.05, 3.63) is 101 Å². The highest BCUT2D eigenvalue weighted by atomic mass is 79.9. The number of aliphatic hydroxyl groups is 1. The highest BCUT2D eigenvalue weighted by Crippen LogP contribution is 2.59. The summed E-state index contributed by atoms with van der Waals surface area (Å²) in [5.41, 5.74) is -0.291. The van der Waals surface area contributed by atoms with Crippen molar-refractivity contribution < 1.29 is 38.5 Å². The van der Waals surface area contributed by atoms with Crippen LogP contribution < -0.4 is 10.2 Å². The van der Waals surface area contributed by atoms with E-state index in [-0.39, 0.29) is 32.1 Å². The molecule has 272 valence electrons. The fourth-order valence-corrected chi connectivity index (χ4v) is 8.97. The number of ether oxygens (including phenoxy) is 3. The fraction of sp³-hybridized carbons (Fsp3) is 0.400. The number of aliphatic hydroxyl groups excluding tert-OH is 1. The first-order valence-electron chi connectivity index (χ1n) is 17.7. The Morgan fingerprint density at radius 2 is 1.73 bits per heavy atom. The number of benzene rings is 3. The molecule has 3 aromatic carbocycles. The van der Waals surface area contributed by atoms with Crippen LogP contribution in [0.25, 0.3) is 10.8 Å². The summed E-state index contributed by atoms with van der Waals surface area (Å²) >= 11 is 3.62. The number of fused-ring (bicyclic) bond motifs is 3. The Balaban J connectivity index is 1.37. The third-order valence-electron chi connectivity index (χ3n) is 10.7. The summed E-state index contributed by atoms with van der Waals surface area (Å²) in [4.78, 5) is 61.0. The number of cyclic esters (lactones) is 1. The Labute approximate surface area is 310 Å². The number of likely N-dealkylation sites (tertiary alicyclic amines) is 1. The van der Waals surface area contributed by atoms with Gasteiger partial charge in [-0.2, -0.15) is 0 Å². The summed E-state index contributed by atoms with van der Waals surface area (Å²) in [5, 5.41) is 15.5. The minimum Gasteiger partial charge on any atom is -0.455 e. The van der Waals surface area contributed by atoms with Crippen LogP contribution in [0.4, 0.5) is 5.69 Å². The van der Waals surface area contributed by atoms with Gasteiger partial charge in [0.25, 0.3) is 5.91 Å². The molecule has 0 radical (unpaired) electrons. The van der Waals surface area contributed by atoms with E-state index in [1.54, 1.807) is 23.1 Å². The number of nitrogens with zero attached hydrogens (tertiary/aromatic N) is 2. The van der Waals surface area contributed by atoms with Crippen molar-refractivity contribution in [2.45, 2.75) is 62.1 Å². The molecule has 8 atom stereocenters. The lowest BCUT2D eigenvalue weighted by molar-refractivity contribution is -0.162. The maximum atomic E-state index is 15.2. The van der Waals surface area contributed by atoms with E-state index in [9.17, 15) is 19.5 Å². The van der Waals surface area contributed by atoms with Crippen molar-refractivity contribution in [2.24, 2.45) is 11.8 Å². The molecule has 0 aliphatic carbocycles. The Bertz CT molecular complexity index is 1910. The van der Waals surface area contributed by atoms with Crippen LogP contribution >= 0.6 is 15.9 Å². The van der Waals surface area contributed by atoms with Gasteiger partial charge in [-0.1, -0.05) is 95.7 Å². The van der Waals surface area contributed by atoms with E-state index in [0.29, 0.717) is 28.6 Å². The number of hydrogen-bond donors (Lipinski definition) is 2. The zero-order chi connectivity index (χ0) is 36.6. The minimum absolute atomic E-state index is 0.0503. The van der Waals surface area contributed by atoms with Crippen molar-refractivity contribution in [2.75, 3.05) is 31.8 Å². The summed E-state index contributed by atoms with van der Waals surface area (Å²) in [5.74, 6) is -4.09. The monoisotopic (exact) mass is 771 g/mol. The average molecular weight is 773 g/mol. The third-order valence-corrected chi connectivity index (χ3v) is 11.4. The minimum atomic E-state index is -1.53. The van der Waals surface area contributed by atoms with Gasteiger partial charge in [0.15, 0.2) is 0 Å². The number of halogens is 1. The average Bonchev–Trinajstić information content (AvgIpc) is 3.75. The molecule has 2 saturated heterocycles. The molecule has 0 unspecified atom stereocenters. The lowest BCUT2D eigenvalue weighted by atomic mass is 9.74. The van der Waals surface area contributed by atoms with Crippen molar-refractivity contribution in [3.63, 3.8) is 0 Å². The molecule has 4 heterocycles. The number of anilines is 1. The summed E-state index contributed by atoms with van der Waals surface area (Å²) in [6.45, 7) is 1.64. The normalized spacial score (nSPS) is 30.6. The van der Waals surface area contributed by atoms with Gasteiger partial charge >= 0.3 is 5.97 Å². The molecule has 11 nitrogen and oxygen atoms in total. The summed E-state index contributed by atoms with van der Waals surface area (Å²) in [6, 6.07) is 20.0. The van der Waals surface area contributed by atoms with E-state index >= 15 is 4.79 Å². The number of allylic oxidation sites excluding steroid dienone is 1. The number of methoxy groups -OCH3 is 1. The zero-order valence-corrected chi connectivity index (χ0v) is 30.6. The Morgan fingerprint density at radius 1 is 0.981 bits per heavy atom. The molecule has 4 aliphatic rings. The van der Waals surface area contributed by atoms with Crippen LogP contribution in [0.1, 0.15) is 37.9 Å². The molecule has 0 saturated carbocycles. The molecule has 2 fully saturated rings. The molecule has 0 aromatic heterocycles. The highest BCUT2D eigenvalue weighted by molar-refractivity contribution is 9.11. The SMILES string of the molecule is CC[C@@H](CO)N1C(=O)[C@H]2[C@@H]3C(=O)O[C@H](c4ccccc4)[C@@H](COC)NC(=O)CC/C=C\CN(c4ccc5ccccc5c4)C(=O)[C@H]1[C@@]21C=C(Br)[C@@H]3O1. The first-order valence-corrected chi connectivity index (χ1v) is 18.5. The standard InChI is InChI=1S/C40H42BrN3O8/c1-3-27(22-45)44-36-38(48)43(28-18-17-24-12-9-10-15-26(24)20-28)19-11-5-8-16-31(46)42-30(23-50-2)34(25-13-6-4-7-14-25)51-39(49)32-33(37(44)47)40(36)21-29(41)35(32)52-40/h4-7,9-15,17-18,20-21,27,30,32-36,45H,3,8,16,19,22-23H2,1-2H3,(H,42,46)/b11-5-/t27-,30+,32-,33+,34+,35-,36-,40+/m0/s1. The second-order valence-electron chi connectivity index (χ2n) is 13.7. The van der Waals surface area contributed by atoms with Gasteiger partial charge < -0.3 is 34.4 Å². The van der Waals surface area contributed by atoms with Crippen LogP contribution in [0.2, 0.25) is 0 Å². The number of carbonyl (C=O) groups excluding carboxylic acids is 4. The van der Waals surface area contributed by atoms with Gasteiger partial charge in [0, 0.05) is 30.2 Å². The van der Waals surface area contributed by atoms with Gasteiger partial charge in [0.1, 0.15) is 29.8 Å². The number of esters is 1. The lowest BCUT2D eigenvalue weighted by Crippen LogP contribution is -2.58. The number of carbonyl (C=O) groups is 4. The van der Waals surface area contributed by atoms with Crippen LogP contribution in [0.15, 0.2) is 95.5 Å². The van der Waals surface area contributed by atoms with Crippen LogP contribution in [0.5, 0.6) is 0 Å². The third kappa shape index (κ3) is 6.25. The van der Waals surface area contributed by atoms with Crippen molar-refractivity contribution in [1.82, 2.24) is 10.2 Å². The molecule has 4 aliphatic heterocycles. The Morgan fingerprint density at radius 3 is 2.46 bits per heavy atom. The molecule has 1 spiro atoms. The number of amides is 3. The van der Waals surface area contributed by atoms with Crippen LogP contribution in [0, 0.1) is 11.8 Å². The van der Waals surface area contributed by atoms with E-state index in [2.05, 4.69) is 21.2 Å². The first kappa shape index (κ1) is 36.0. The quantitative estimate of drug-likeness (QED) is 0.264. The van der Waals surface area contributed by atoms with Gasteiger partial charge in [-0.3, -0.25) is 19.2 Å². The van der Waals surface area contributed by atoms with Gasteiger partial charge in [0.05, 0.1) is 31.2 Å². The van der Waals surface area contributed by atoms with E-state index in [1.165, 1.54) is 12.0 Å². The van der Waals surface area contributed by atoms with Crippen molar-refractivity contribution in [3.8, 4) is 0 Å². The molecule has 3 amide bonds. The second kappa shape index (κ2) is 14.9. The van der Waals surface area contributed by atoms with E-state index in [4.69, 9.17) is 14.2 Å². The molecule has 3 aromatic rings. The molecular weight excluding hydrogens is 730 g/mol. The van der Waals surface area contributed by atoms with E-state index in [1.807, 2.05) is 79.7 Å². The summed E-state index contributed by atoms with van der Waals surface area (Å²) < 4.78 is 19.0. The van der Waals surface area contributed by atoms with Gasteiger partial charge in [-0.05, 0) is 47.4 Å². The lowest BCUT2D eigenvalue weighted by Gasteiger charge is -2.38. The van der Waals surface area contributed by atoms with E-state index < -0.39 is 65.6 Å². The summed E-state index contributed by atoms with van der Waals surface area (Å²) in [7, 11) is 1.51. The smallest absolute Gasteiger partial charge is 0.313 e. The number of nitrogens with one attached hydrogen (secondary N) is 1. The Kier molecular flexibility index (Phi) is 10.3. The highest BCUT2D eigenvalue weighted by Gasteiger charge is 2.75. The van der Waals surface area contributed by atoms with Gasteiger partial charge in [-0.15, -0.1) is 0 Å². The zero-order valence-electron chi connectivity index (χ0n) is 29.0. The Hall–Kier alpha value is -4.36. The first-order chi connectivity index (χ1) is 25.2. The van der Waals surface area contributed by atoms with E-state index in [0.717, 1.165) is 10.8 Å². The molecule has 52 heavy (non-hydrogen) atoms. The van der Waals surface area contributed by atoms with Crippen LogP contribution in [0.3, 0.4) is 0 Å². The maximum absolute atomic E-state index is 15.2. The number of rotatable bonds is 7. The predicted molar refractivity (Wildman–Crippen MR) is 197 cm³/mol. The molecular formula is C40H42BrN3O8. The fourth-order valence-electron chi connectivity index (χ4n) is 8.23. The second-order valence-corrected chi connectivity index (χ2v) is 14.6. The largest absolute Gasteiger partial charge is 0.455 e. The van der Waals surface area contributed by atoms with Gasteiger partial charge in [0.2, 0.25) is 11.8 Å². The van der Waals surface area contributed by atoms with Gasteiger partial charge in [-0.25, -0.2) is 0 Å². The summed E-state index contributed by atoms with van der Waals surface area (Å²) in [6.07, 6.45) is 4.48. The predicted octanol–water partition coefficient (Wildman–Crippen LogP) is 4.58. The molecule has 5 bridgehead atoms. The number of hydrogen-bond acceptors (Lipinski definition) is 8. The van der Waals surface area contributed by atoms with Crippen LogP contribution in [-0.2, 0) is 33.4 Å². The van der Waals surface area contributed by atoms with Crippen molar-refractivity contribution in [1.29, 1.82) is 0 Å². The molecule has 2 N–H and O–H groups in total. The molecule has 7 rings (SSSR count).